The van der Waals surface area contributed by atoms with Crippen LogP contribution in [-0.4, -0.2) is 25.5 Å². The molecule has 72 valence electrons. The highest BCUT2D eigenvalue weighted by atomic mass is 79.9. The van der Waals surface area contributed by atoms with Crippen LogP contribution in [-0.2, 0) is 4.79 Å². The maximum absolute atomic E-state index is 10.7. The Bertz CT molecular complexity index is 306. The minimum atomic E-state index is -1.39. The number of carboxylic acids is 1. The van der Waals surface area contributed by atoms with Crippen molar-refractivity contribution in [2.75, 3.05) is 0 Å². The van der Waals surface area contributed by atoms with Gasteiger partial charge in [0.15, 0.2) is 4.51 Å². The van der Waals surface area contributed by atoms with Gasteiger partial charge >= 0.3 is 5.97 Å². The zero-order valence-electron chi connectivity index (χ0n) is 6.17. The Morgan fingerprint density at radius 1 is 1.54 bits per heavy atom. The lowest BCUT2D eigenvalue weighted by atomic mass is 10.0. The van der Waals surface area contributed by atoms with Gasteiger partial charge in [0, 0.05) is 4.48 Å². The molecule has 1 aliphatic rings. The third-order valence-corrected chi connectivity index (χ3v) is 5.66. The van der Waals surface area contributed by atoms with Crippen molar-refractivity contribution in [3.63, 3.8) is 0 Å². The first-order valence-electron chi connectivity index (χ1n) is 3.24. The number of alkyl halides is 2. The molecule has 0 aromatic carbocycles. The molecule has 0 aromatic rings. The van der Waals surface area contributed by atoms with Gasteiger partial charge in [-0.25, -0.2) is 4.79 Å². The molecule has 2 N–H and O–H groups in total. The third-order valence-electron chi connectivity index (χ3n) is 1.60. The largest absolute Gasteiger partial charge is 0.478 e. The van der Waals surface area contributed by atoms with Gasteiger partial charge in [-0.2, -0.15) is 0 Å². The van der Waals surface area contributed by atoms with Crippen molar-refractivity contribution in [2.45, 2.75) is 9.34 Å². The van der Waals surface area contributed by atoms with Gasteiger partial charge in [0.25, 0.3) is 0 Å². The van der Waals surface area contributed by atoms with Crippen LogP contribution in [0.15, 0.2) is 22.2 Å². The molecular formula is C7H5Br3O3. The first-order valence-corrected chi connectivity index (χ1v) is 5.74. The number of allylic oxidation sites excluding steroid dienone is 2. The summed E-state index contributed by atoms with van der Waals surface area (Å²) in [4.78, 5) is 10.0. The van der Waals surface area contributed by atoms with Gasteiger partial charge in [-0.1, -0.05) is 31.9 Å². The molecule has 0 spiro atoms. The van der Waals surface area contributed by atoms with Crippen molar-refractivity contribution in [1.29, 1.82) is 0 Å². The van der Waals surface area contributed by atoms with Crippen molar-refractivity contribution < 1.29 is 15.0 Å². The Hall–Kier alpha value is 0.350. The molecule has 1 aliphatic carbocycles. The fourth-order valence-electron chi connectivity index (χ4n) is 0.871. The number of halogens is 3. The second kappa shape index (κ2) is 3.84. The maximum atomic E-state index is 10.7. The molecule has 0 radical (unpaired) electrons. The van der Waals surface area contributed by atoms with Gasteiger partial charge in [-0.05, 0) is 28.1 Å². The van der Waals surface area contributed by atoms with Crippen LogP contribution in [0.25, 0.3) is 0 Å². The van der Waals surface area contributed by atoms with Crippen molar-refractivity contribution in [3.05, 3.63) is 22.2 Å². The van der Waals surface area contributed by atoms with Crippen LogP contribution in [0.2, 0.25) is 0 Å². The zero-order valence-corrected chi connectivity index (χ0v) is 10.9. The number of aliphatic hydroxyl groups is 1. The Balaban J connectivity index is 3.12. The zero-order chi connectivity index (χ0) is 10.2. The van der Waals surface area contributed by atoms with Crippen LogP contribution < -0.4 is 0 Å². The van der Waals surface area contributed by atoms with Gasteiger partial charge in [-0.3, -0.25) is 0 Å². The van der Waals surface area contributed by atoms with Crippen LogP contribution in [0.1, 0.15) is 0 Å². The highest BCUT2D eigenvalue weighted by Gasteiger charge is 2.41. The topological polar surface area (TPSA) is 57.5 Å². The highest BCUT2D eigenvalue weighted by Crippen LogP contribution is 2.42. The molecule has 2 unspecified atom stereocenters. The summed E-state index contributed by atoms with van der Waals surface area (Å²) in [6.45, 7) is 0. The van der Waals surface area contributed by atoms with Gasteiger partial charge in [0.05, 0.1) is 10.4 Å². The smallest absolute Gasteiger partial charge is 0.332 e. The summed E-state index contributed by atoms with van der Waals surface area (Å²) in [6, 6.07) is 0. The van der Waals surface area contributed by atoms with E-state index in [9.17, 15) is 9.90 Å². The molecule has 0 saturated carbocycles. The molecule has 0 heterocycles. The van der Waals surface area contributed by atoms with E-state index in [1.807, 2.05) is 0 Å². The van der Waals surface area contributed by atoms with E-state index < -0.39 is 15.3 Å². The monoisotopic (exact) mass is 374 g/mol. The SMILES string of the molecule is O=C(O)C1=CC=C(Br)C(O)(Br)C1Br. The second-order valence-corrected chi connectivity index (χ2v) is 5.46. The number of carbonyl (C=O) groups is 1. The number of rotatable bonds is 1. The lowest BCUT2D eigenvalue weighted by molar-refractivity contribution is -0.133. The number of hydrogen-bond acceptors (Lipinski definition) is 2. The summed E-state index contributed by atoms with van der Waals surface area (Å²) in [5.41, 5.74) is 0.0996. The van der Waals surface area contributed by atoms with E-state index in [1.54, 1.807) is 0 Å². The molecule has 3 nitrogen and oxygen atoms in total. The molecule has 13 heavy (non-hydrogen) atoms. The fraction of sp³-hybridized carbons (Fsp3) is 0.286. The summed E-state index contributed by atoms with van der Waals surface area (Å²) in [5.74, 6) is -1.06. The average molecular weight is 377 g/mol. The Morgan fingerprint density at radius 2 is 2.08 bits per heavy atom. The molecule has 1 rings (SSSR count). The first-order chi connectivity index (χ1) is 5.87. The van der Waals surface area contributed by atoms with E-state index >= 15 is 0 Å². The van der Waals surface area contributed by atoms with E-state index in [4.69, 9.17) is 5.11 Å². The van der Waals surface area contributed by atoms with Crippen LogP contribution in [0.4, 0.5) is 0 Å². The highest BCUT2D eigenvalue weighted by molar-refractivity contribution is 9.15. The van der Waals surface area contributed by atoms with E-state index in [-0.39, 0.29) is 5.57 Å². The van der Waals surface area contributed by atoms with Crippen molar-refractivity contribution in [2.24, 2.45) is 0 Å². The van der Waals surface area contributed by atoms with Gasteiger partial charge in [0.1, 0.15) is 0 Å². The van der Waals surface area contributed by atoms with Crippen molar-refractivity contribution >= 4 is 53.8 Å². The fourth-order valence-corrected chi connectivity index (χ4v) is 2.51. The van der Waals surface area contributed by atoms with E-state index in [1.165, 1.54) is 12.2 Å². The summed E-state index contributed by atoms with van der Waals surface area (Å²) in [5, 5.41) is 18.5. The number of aliphatic carboxylic acids is 1. The normalized spacial score (nSPS) is 33.7. The minimum absolute atomic E-state index is 0.0996. The molecular weight excluding hydrogens is 372 g/mol. The second-order valence-electron chi connectivity index (χ2n) is 2.48. The molecule has 0 amide bonds. The van der Waals surface area contributed by atoms with E-state index in [0.29, 0.717) is 4.48 Å². The van der Waals surface area contributed by atoms with E-state index in [2.05, 4.69) is 47.8 Å². The third kappa shape index (κ3) is 2.06. The number of hydrogen-bond donors (Lipinski definition) is 2. The lowest BCUT2D eigenvalue weighted by Gasteiger charge is -2.29. The standard InChI is InChI=1S/C7H5Br3O3/c8-4-2-1-3(6(11)12)5(9)7(4,10)13/h1-2,5,13H,(H,11,12). The maximum Gasteiger partial charge on any atom is 0.332 e. The summed E-state index contributed by atoms with van der Waals surface area (Å²) in [6.07, 6.45) is 2.93. The number of carboxylic acid groups (broad SMARTS) is 1. The van der Waals surface area contributed by atoms with Gasteiger partial charge in [0.2, 0.25) is 0 Å². The van der Waals surface area contributed by atoms with Crippen LogP contribution in [0.3, 0.4) is 0 Å². The molecule has 2 atom stereocenters. The molecule has 0 bridgehead atoms. The van der Waals surface area contributed by atoms with E-state index in [0.717, 1.165) is 0 Å². The molecule has 6 heteroatoms. The van der Waals surface area contributed by atoms with Crippen LogP contribution in [0.5, 0.6) is 0 Å². The molecule has 0 fully saturated rings. The predicted molar refractivity (Wildman–Crippen MR) is 59.3 cm³/mol. The predicted octanol–water partition coefficient (Wildman–Crippen LogP) is 2.14. The average Bonchev–Trinajstić information content (AvgIpc) is 2.01. The molecule has 0 aromatic heterocycles. The Labute approximate surface area is 99.9 Å². The summed E-state index contributed by atoms with van der Waals surface area (Å²) >= 11 is 9.25. The summed E-state index contributed by atoms with van der Waals surface area (Å²) in [7, 11) is 0. The quantitative estimate of drug-likeness (QED) is 0.689. The Morgan fingerprint density at radius 3 is 2.54 bits per heavy atom. The Kier molecular flexibility index (Phi) is 3.38. The van der Waals surface area contributed by atoms with Crippen LogP contribution in [0, 0.1) is 0 Å². The molecule has 0 saturated heterocycles. The van der Waals surface area contributed by atoms with Crippen molar-refractivity contribution in [1.82, 2.24) is 0 Å². The first kappa shape index (κ1) is 11.4. The molecule has 0 aliphatic heterocycles. The van der Waals surface area contributed by atoms with Crippen molar-refractivity contribution in [3.8, 4) is 0 Å². The van der Waals surface area contributed by atoms with Gasteiger partial charge < -0.3 is 10.2 Å². The van der Waals surface area contributed by atoms with Crippen LogP contribution >= 0.6 is 47.8 Å². The summed E-state index contributed by atoms with van der Waals surface area (Å²) < 4.78 is -0.915. The minimum Gasteiger partial charge on any atom is -0.478 e. The lowest BCUT2D eigenvalue weighted by Crippen LogP contribution is -2.37. The van der Waals surface area contributed by atoms with Gasteiger partial charge in [-0.15, -0.1) is 0 Å².